The van der Waals surface area contributed by atoms with Crippen LogP contribution < -0.4 is 15.0 Å². The van der Waals surface area contributed by atoms with E-state index < -0.39 is 0 Å². The molecule has 4 atom stereocenters. The summed E-state index contributed by atoms with van der Waals surface area (Å²) in [7, 11) is 1.63. The van der Waals surface area contributed by atoms with Gasteiger partial charge in [-0.2, -0.15) is 10.4 Å². The zero-order valence-electron chi connectivity index (χ0n) is 24.5. The SMILES string of the molecule is COCCNC(=O)N1C2CC1CN(c1ccc(-c3cc(OCCCN4C5CCC4COC5)cn4ncc(C#N)c34)cn1)C2. The minimum atomic E-state index is -0.0188. The van der Waals surface area contributed by atoms with E-state index >= 15 is 0 Å². The first-order valence-corrected chi connectivity index (χ1v) is 15.3. The van der Waals surface area contributed by atoms with Crippen molar-refractivity contribution in [3.8, 4) is 22.9 Å². The molecule has 4 unspecified atom stereocenters. The molecule has 0 aromatic carbocycles. The van der Waals surface area contributed by atoms with E-state index in [1.165, 1.54) is 12.8 Å². The van der Waals surface area contributed by atoms with Crippen LogP contribution in [0.2, 0.25) is 0 Å². The van der Waals surface area contributed by atoms with Crippen molar-refractivity contribution in [3.63, 3.8) is 0 Å². The number of nitrogens with zero attached hydrogens (tertiary/aromatic N) is 7. The molecule has 2 amide bonds. The lowest BCUT2D eigenvalue weighted by Gasteiger charge is -2.56. The van der Waals surface area contributed by atoms with Gasteiger partial charge in [-0.15, -0.1) is 0 Å². The maximum absolute atomic E-state index is 12.6. The number of anilines is 1. The molecule has 5 saturated heterocycles. The van der Waals surface area contributed by atoms with Crippen molar-refractivity contribution >= 4 is 17.4 Å². The number of rotatable bonds is 10. The maximum Gasteiger partial charge on any atom is 0.318 e. The first-order valence-electron chi connectivity index (χ1n) is 15.3. The molecule has 0 aliphatic carbocycles. The van der Waals surface area contributed by atoms with Gasteiger partial charge in [0.25, 0.3) is 0 Å². The number of urea groups is 1. The molecule has 0 radical (unpaired) electrons. The van der Waals surface area contributed by atoms with Crippen LogP contribution in [-0.2, 0) is 9.47 Å². The van der Waals surface area contributed by atoms with Crippen LogP contribution in [0.25, 0.3) is 16.6 Å². The van der Waals surface area contributed by atoms with Crippen molar-refractivity contribution in [2.75, 3.05) is 64.6 Å². The number of aromatic nitrogens is 3. The summed E-state index contributed by atoms with van der Waals surface area (Å²) >= 11 is 0. The molecule has 12 heteroatoms. The zero-order valence-corrected chi connectivity index (χ0v) is 24.5. The fourth-order valence-electron chi connectivity index (χ4n) is 7.21. The van der Waals surface area contributed by atoms with Gasteiger partial charge in [0.2, 0.25) is 0 Å². The lowest BCUT2D eigenvalue weighted by atomic mass is 9.88. The number of amides is 2. The largest absolute Gasteiger partial charge is 0.492 e. The van der Waals surface area contributed by atoms with E-state index in [-0.39, 0.29) is 18.1 Å². The highest BCUT2D eigenvalue weighted by Crippen LogP contribution is 2.36. The third kappa shape index (κ3) is 5.37. The predicted octanol–water partition coefficient (Wildman–Crippen LogP) is 2.52. The van der Waals surface area contributed by atoms with Crippen LogP contribution in [0.4, 0.5) is 10.6 Å². The number of piperidine rings is 1. The minimum absolute atomic E-state index is 0.0188. The number of nitrogens with one attached hydrogen (secondary N) is 1. The summed E-state index contributed by atoms with van der Waals surface area (Å²) in [5, 5.41) is 17.1. The number of carbonyl (C=O) groups is 1. The van der Waals surface area contributed by atoms with Gasteiger partial charge in [0.15, 0.2) is 0 Å². The molecule has 0 saturated carbocycles. The highest BCUT2D eigenvalue weighted by atomic mass is 16.5. The lowest BCUT2D eigenvalue weighted by molar-refractivity contribution is -0.0160. The van der Waals surface area contributed by atoms with Gasteiger partial charge in [0.1, 0.15) is 17.6 Å². The first-order chi connectivity index (χ1) is 21.1. The molecule has 4 bridgehead atoms. The van der Waals surface area contributed by atoms with Crippen LogP contribution in [0.15, 0.2) is 36.8 Å². The Balaban J connectivity index is 1.02. The first kappa shape index (κ1) is 27.9. The van der Waals surface area contributed by atoms with E-state index in [0.717, 1.165) is 68.2 Å². The Kier molecular flexibility index (Phi) is 7.78. The van der Waals surface area contributed by atoms with E-state index in [2.05, 4.69) is 26.3 Å². The second kappa shape index (κ2) is 12.0. The molecule has 226 valence electrons. The Labute approximate surface area is 251 Å². The van der Waals surface area contributed by atoms with Crippen LogP contribution >= 0.6 is 0 Å². The second-order valence-corrected chi connectivity index (χ2v) is 11.9. The molecule has 5 fully saturated rings. The molecular formula is C31H38N8O4. The zero-order chi connectivity index (χ0) is 29.3. The average Bonchev–Trinajstić information content (AvgIpc) is 3.54. The number of nitriles is 1. The summed E-state index contributed by atoms with van der Waals surface area (Å²) in [6, 6.07) is 9.76. The van der Waals surface area contributed by atoms with Crippen LogP contribution in [-0.4, -0.2) is 114 Å². The molecule has 12 nitrogen and oxygen atoms in total. The highest BCUT2D eigenvalue weighted by molar-refractivity contribution is 5.85. The summed E-state index contributed by atoms with van der Waals surface area (Å²) in [5.41, 5.74) is 3.00. The average molecular weight is 587 g/mol. The number of methoxy groups -OCH3 is 1. The van der Waals surface area contributed by atoms with Gasteiger partial charge >= 0.3 is 6.03 Å². The van der Waals surface area contributed by atoms with Crippen molar-refractivity contribution < 1.29 is 19.0 Å². The number of pyridine rings is 2. The van der Waals surface area contributed by atoms with Gasteiger partial charge in [-0.25, -0.2) is 14.3 Å². The van der Waals surface area contributed by atoms with E-state index in [9.17, 15) is 10.1 Å². The van der Waals surface area contributed by atoms with Gasteiger partial charge in [-0.3, -0.25) is 4.90 Å². The van der Waals surface area contributed by atoms with Crippen LogP contribution in [0.3, 0.4) is 0 Å². The Hall–Kier alpha value is -3.92. The fourth-order valence-corrected chi connectivity index (χ4v) is 7.21. The van der Waals surface area contributed by atoms with Crippen LogP contribution in [0, 0.1) is 11.3 Å². The topological polar surface area (TPSA) is 120 Å². The summed E-state index contributed by atoms with van der Waals surface area (Å²) in [6.45, 7) is 5.81. The van der Waals surface area contributed by atoms with E-state index in [4.69, 9.17) is 19.2 Å². The van der Waals surface area contributed by atoms with Crippen molar-refractivity contribution in [1.82, 2.24) is 29.7 Å². The molecule has 8 rings (SSSR count). The van der Waals surface area contributed by atoms with E-state index in [1.807, 2.05) is 35.5 Å². The summed E-state index contributed by atoms with van der Waals surface area (Å²) in [4.78, 5) is 24.2. The number of hydrogen-bond donors (Lipinski definition) is 1. The molecule has 3 aromatic heterocycles. The third-order valence-corrected chi connectivity index (χ3v) is 9.32. The Morgan fingerprint density at radius 2 is 1.95 bits per heavy atom. The van der Waals surface area contributed by atoms with Gasteiger partial charge in [0.05, 0.1) is 62.0 Å². The summed E-state index contributed by atoms with van der Waals surface area (Å²) < 4.78 is 18.7. The van der Waals surface area contributed by atoms with Gasteiger partial charge in [0, 0.05) is 62.7 Å². The fraction of sp³-hybridized carbons (Fsp3) is 0.548. The molecule has 5 aliphatic heterocycles. The maximum atomic E-state index is 12.6. The highest BCUT2D eigenvalue weighted by Gasteiger charge is 2.47. The number of hydrogen-bond acceptors (Lipinski definition) is 9. The number of carbonyl (C=O) groups excluding carboxylic acids is 1. The molecule has 5 aliphatic rings. The van der Waals surface area contributed by atoms with Gasteiger partial charge in [-0.1, -0.05) is 0 Å². The molecular weight excluding hydrogens is 548 g/mol. The number of ether oxygens (including phenoxy) is 3. The van der Waals surface area contributed by atoms with Gasteiger partial charge < -0.3 is 29.3 Å². The number of morpholine rings is 1. The van der Waals surface area contributed by atoms with Crippen molar-refractivity contribution in [2.45, 2.75) is 49.9 Å². The van der Waals surface area contributed by atoms with E-state index in [1.54, 1.807) is 17.8 Å². The van der Waals surface area contributed by atoms with Crippen molar-refractivity contribution in [2.24, 2.45) is 0 Å². The summed E-state index contributed by atoms with van der Waals surface area (Å²) in [6.07, 6.45) is 9.69. The number of fused-ring (bicyclic) bond motifs is 5. The normalized spacial score (nSPS) is 24.6. The predicted molar refractivity (Wildman–Crippen MR) is 159 cm³/mol. The lowest BCUT2D eigenvalue weighted by Crippen LogP contribution is -2.71. The van der Waals surface area contributed by atoms with Gasteiger partial charge in [-0.05, 0) is 43.9 Å². The number of piperazine rings is 1. The van der Waals surface area contributed by atoms with E-state index in [0.29, 0.717) is 43.2 Å². The van der Waals surface area contributed by atoms with Crippen molar-refractivity contribution in [3.05, 3.63) is 42.4 Å². The minimum Gasteiger partial charge on any atom is -0.492 e. The molecule has 1 N–H and O–H groups in total. The monoisotopic (exact) mass is 586 g/mol. The molecule has 8 heterocycles. The molecule has 0 spiro atoms. The Morgan fingerprint density at radius 1 is 1.14 bits per heavy atom. The van der Waals surface area contributed by atoms with Crippen LogP contribution in [0.1, 0.15) is 31.2 Å². The molecule has 3 aromatic rings. The van der Waals surface area contributed by atoms with Crippen LogP contribution in [0.5, 0.6) is 5.75 Å². The molecule has 43 heavy (non-hydrogen) atoms. The third-order valence-electron chi connectivity index (χ3n) is 9.32. The quantitative estimate of drug-likeness (QED) is 0.357. The van der Waals surface area contributed by atoms with Crippen molar-refractivity contribution in [1.29, 1.82) is 5.26 Å². The second-order valence-electron chi connectivity index (χ2n) is 11.9. The Bertz CT molecular complexity index is 1480. The summed E-state index contributed by atoms with van der Waals surface area (Å²) in [5.74, 6) is 1.59. The Morgan fingerprint density at radius 3 is 2.67 bits per heavy atom. The standard InChI is InChI=1S/C31H38N8O4/c1-41-10-7-33-31(40)39-25-11-26(39)17-36(16-25)29-6-3-21(14-34-29)28-12-27(18-38-30(28)22(13-32)15-35-38)43-9-2-8-37-23-4-5-24(37)20-42-19-23/h3,6,12,14-15,18,23-26H,2,4-5,7-11,16-17,19-20H2,1H3,(H,33,40). The smallest absolute Gasteiger partial charge is 0.318 e.